The Morgan fingerprint density at radius 3 is 2.86 bits per heavy atom. The maximum absolute atomic E-state index is 5.69. The van der Waals surface area contributed by atoms with Crippen molar-refractivity contribution in [2.24, 2.45) is 0 Å². The fourth-order valence-corrected chi connectivity index (χ4v) is 3.19. The van der Waals surface area contributed by atoms with E-state index in [0.29, 0.717) is 6.04 Å². The number of pyridine rings is 1. The summed E-state index contributed by atoms with van der Waals surface area (Å²) in [6.45, 7) is 2.59. The van der Waals surface area contributed by atoms with E-state index in [2.05, 4.69) is 19.9 Å². The van der Waals surface area contributed by atoms with Crippen molar-refractivity contribution in [3.8, 4) is 11.3 Å². The minimum absolute atomic E-state index is 0.264. The van der Waals surface area contributed by atoms with Gasteiger partial charge >= 0.3 is 0 Å². The van der Waals surface area contributed by atoms with Crippen LogP contribution in [0, 0.1) is 0 Å². The highest BCUT2D eigenvalue weighted by molar-refractivity contribution is 5.57. The Kier molecular flexibility index (Phi) is 3.45. The highest BCUT2D eigenvalue weighted by Crippen LogP contribution is 2.33. The summed E-state index contributed by atoms with van der Waals surface area (Å²) < 4.78 is 5.69. The first kappa shape index (κ1) is 13.0. The van der Waals surface area contributed by atoms with Crippen molar-refractivity contribution in [3.05, 3.63) is 36.5 Å². The van der Waals surface area contributed by atoms with Crippen LogP contribution in [0.25, 0.3) is 11.3 Å². The molecule has 3 heterocycles. The van der Waals surface area contributed by atoms with Gasteiger partial charge in [-0.3, -0.25) is 9.88 Å². The number of H-pyrrole nitrogens is 1. The number of ether oxygens (including phenoxy) is 1. The number of hydrogen-bond acceptors (Lipinski definition) is 4. The minimum Gasteiger partial charge on any atom is -0.378 e. The Balaban J connectivity index is 1.58. The molecule has 1 N–H and O–H groups in total. The summed E-state index contributed by atoms with van der Waals surface area (Å²) in [4.78, 5) is 14.7. The zero-order valence-electron chi connectivity index (χ0n) is 12.0. The second-order valence-electron chi connectivity index (χ2n) is 5.83. The van der Waals surface area contributed by atoms with Gasteiger partial charge in [0, 0.05) is 30.5 Å². The van der Waals surface area contributed by atoms with E-state index in [1.54, 1.807) is 12.4 Å². The van der Waals surface area contributed by atoms with Crippen molar-refractivity contribution in [3.63, 3.8) is 0 Å². The fraction of sp³-hybridized carbons (Fsp3) is 0.500. The first-order valence-electron chi connectivity index (χ1n) is 7.70. The van der Waals surface area contributed by atoms with Gasteiger partial charge in [-0.15, -0.1) is 0 Å². The molecule has 2 aromatic heterocycles. The molecule has 0 aromatic carbocycles. The van der Waals surface area contributed by atoms with Crippen LogP contribution in [0.3, 0.4) is 0 Å². The van der Waals surface area contributed by atoms with Gasteiger partial charge in [0.25, 0.3) is 0 Å². The highest BCUT2D eigenvalue weighted by atomic mass is 16.5. The third-order valence-electron chi connectivity index (χ3n) is 4.62. The zero-order valence-corrected chi connectivity index (χ0v) is 12.0. The molecule has 1 atom stereocenters. The fourth-order valence-electron chi connectivity index (χ4n) is 3.19. The van der Waals surface area contributed by atoms with Crippen LogP contribution in [0.2, 0.25) is 0 Å². The van der Waals surface area contributed by atoms with E-state index >= 15 is 0 Å². The number of hydrogen-bond donors (Lipinski definition) is 1. The predicted molar refractivity (Wildman–Crippen MR) is 79.7 cm³/mol. The Labute approximate surface area is 124 Å². The normalized spacial score (nSPS) is 23.9. The van der Waals surface area contributed by atoms with Crippen molar-refractivity contribution in [2.75, 3.05) is 19.8 Å². The lowest BCUT2D eigenvalue weighted by atomic mass is 9.90. The standard InChI is InChI=1S/C16H20N4O/c1-2-13(3-1)20-8-9-21-11-15(20)16-18-10-14(19-16)12-4-6-17-7-5-12/h4-7,10,13,15H,1-3,8-9,11H2,(H,18,19). The monoisotopic (exact) mass is 284 g/mol. The van der Waals surface area contributed by atoms with E-state index in [4.69, 9.17) is 4.74 Å². The Bertz CT molecular complexity index is 593. The number of nitrogens with zero attached hydrogens (tertiary/aromatic N) is 3. The van der Waals surface area contributed by atoms with Crippen LogP contribution >= 0.6 is 0 Å². The van der Waals surface area contributed by atoms with Gasteiger partial charge in [-0.25, -0.2) is 4.98 Å². The molecule has 1 aliphatic carbocycles. The average molecular weight is 284 g/mol. The van der Waals surface area contributed by atoms with Crippen molar-refractivity contribution in [2.45, 2.75) is 31.3 Å². The van der Waals surface area contributed by atoms with E-state index in [0.717, 1.165) is 36.8 Å². The Hall–Kier alpha value is -1.72. The zero-order chi connectivity index (χ0) is 14.1. The summed E-state index contributed by atoms with van der Waals surface area (Å²) >= 11 is 0. The van der Waals surface area contributed by atoms with Crippen molar-refractivity contribution >= 4 is 0 Å². The molecule has 0 amide bonds. The molecule has 0 radical (unpaired) electrons. The van der Waals surface area contributed by atoms with E-state index in [1.807, 2.05) is 18.3 Å². The minimum atomic E-state index is 0.264. The molecular formula is C16H20N4O. The molecule has 4 rings (SSSR count). The molecule has 2 aromatic rings. The average Bonchev–Trinajstić information content (AvgIpc) is 2.97. The molecule has 1 saturated carbocycles. The third kappa shape index (κ3) is 2.47. The lowest BCUT2D eigenvalue weighted by molar-refractivity contribution is -0.0494. The number of rotatable bonds is 3. The molecule has 110 valence electrons. The van der Waals surface area contributed by atoms with Gasteiger partial charge in [0.2, 0.25) is 0 Å². The Morgan fingerprint density at radius 2 is 2.10 bits per heavy atom. The number of imidazole rings is 1. The SMILES string of the molecule is c1cc(-c2cnc(C3COCCN3C3CCC3)[nH]2)ccn1. The molecule has 1 unspecified atom stereocenters. The van der Waals surface area contributed by atoms with E-state index in [-0.39, 0.29) is 6.04 Å². The molecule has 0 bridgehead atoms. The third-order valence-corrected chi connectivity index (χ3v) is 4.62. The van der Waals surface area contributed by atoms with Gasteiger partial charge in [0.1, 0.15) is 5.82 Å². The molecule has 2 fully saturated rings. The lowest BCUT2D eigenvalue weighted by Crippen LogP contribution is -2.48. The molecular weight excluding hydrogens is 264 g/mol. The summed E-state index contributed by atoms with van der Waals surface area (Å²) in [5.41, 5.74) is 2.17. The first-order chi connectivity index (χ1) is 10.4. The van der Waals surface area contributed by atoms with Crippen molar-refractivity contribution < 1.29 is 4.74 Å². The number of morpholine rings is 1. The van der Waals surface area contributed by atoms with Crippen LogP contribution in [-0.4, -0.2) is 45.7 Å². The van der Waals surface area contributed by atoms with Gasteiger partial charge in [-0.1, -0.05) is 6.42 Å². The van der Waals surface area contributed by atoms with Crippen molar-refractivity contribution in [1.82, 2.24) is 19.9 Å². The molecule has 21 heavy (non-hydrogen) atoms. The Morgan fingerprint density at radius 1 is 1.24 bits per heavy atom. The lowest BCUT2D eigenvalue weighted by Gasteiger charge is -2.44. The van der Waals surface area contributed by atoms with Gasteiger partial charge in [0.05, 0.1) is 31.1 Å². The largest absolute Gasteiger partial charge is 0.378 e. The molecule has 5 heteroatoms. The number of aromatic amines is 1. The number of aromatic nitrogens is 3. The summed E-state index contributed by atoms with van der Waals surface area (Å²) in [5.74, 6) is 1.02. The van der Waals surface area contributed by atoms with Crippen LogP contribution in [0.5, 0.6) is 0 Å². The predicted octanol–water partition coefficient (Wildman–Crippen LogP) is 2.40. The first-order valence-corrected chi connectivity index (χ1v) is 7.70. The van der Waals surface area contributed by atoms with Crippen LogP contribution < -0.4 is 0 Å². The second kappa shape index (κ2) is 5.58. The van der Waals surface area contributed by atoms with E-state index < -0.39 is 0 Å². The number of nitrogens with one attached hydrogen (secondary N) is 1. The molecule has 0 spiro atoms. The second-order valence-corrected chi connectivity index (χ2v) is 5.83. The smallest absolute Gasteiger partial charge is 0.126 e. The highest BCUT2D eigenvalue weighted by Gasteiger charge is 2.34. The van der Waals surface area contributed by atoms with Crippen LogP contribution in [0.4, 0.5) is 0 Å². The summed E-state index contributed by atoms with van der Waals surface area (Å²) in [5, 5.41) is 0. The quantitative estimate of drug-likeness (QED) is 0.940. The van der Waals surface area contributed by atoms with Crippen LogP contribution in [-0.2, 0) is 4.74 Å². The van der Waals surface area contributed by atoms with Gasteiger partial charge in [0.15, 0.2) is 0 Å². The maximum Gasteiger partial charge on any atom is 0.126 e. The van der Waals surface area contributed by atoms with Crippen LogP contribution in [0.1, 0.15) is 31.1 Å². The molecule has 2 aliphatic rings. The maximum atomic E-state index is 5.69. The van der Waals surface area contributed by atoms with Gasteiger partial charge in [-0.05, 0) is 25.0 Å². The van der Waals surface area contributed by atoms with E-state index in [1.165, 1.54) is 19.3 Å². The topological polar surface area (TPSA) is 54.0 Å². The van der Waals surface area contributed by atoms with Crippen LogP contribution in [0.15, 0.2) is 30.7 Å². The summed E-state index contributed by atoms with van der Waals surface area (Å²) in [6, 6.07) is 4.98. The van der Waals surface area contributed by atoms with E-state index in [9.17, 15) is 0 Å². The molecule has 5 nitrogen and oxygen atoms in total. The van der Waals surface area contributed by atoms with Gasteiger partial charge in [-0.2, -0.15) is 0 Å². The van der Waals surface area contributed by atoms with Crippen molar-refractivity contribution in [1.29, 1.82) is 0 Å². The summed E-state index contributed by atoms with van der Waals surface area (Å²) in [6.07, 6.45) is 9.51. The van der Waals surface area contributed by atoms with Gasteiger partial charge < -0.3 is 9.72 Å². The molecule has 1 saturated heterocycles. The molecule has 1 aliphatic heterocycles. The summed E-state index contributed by atoms with van der Waals surface area (Å²) in [7, 11) is 0.